The van der Waals surface area contributed by atoms with Crippen molar-refractivity contribution >= 4 is 18.0 Å². The van der Waals surface area contributed by atoms with Gasteiger partial charge in [-0.15, -0.1) is 0 Å². The summed E-state index contributed by atoms with van der Waals surface area (Å²) in [5.41, 5.74) is 13.9. The van der Waals surface area contributed by atoms with Crippen molar-refractivity contribution in [3.63, 3.8) is 0 Å². The molecule has 1 aliphatic heterocycles. The Kier molecular flexibility index (Phi) is 4.72. The van der Waals surface area contributed by atoms with E-state index in [0.29, 0.717) is 6.54 Å². The number of hydrogen-bond acceptors (Lipinski definition) is 3. The first-order valence-electron chi connectivity index (χ1n) is 9.19. The van der Waals surface area contributed by atoms with E-state index < -0.39 is 0 Å². The fourth-order valence-corrected chi connectivity index (χ4v) is 4.93. The van der Waals surface area contributed by atoms with Crippen molar-refractivity contribution in [2.75, 3.05) is 19.6 Å². The van der Waals surface area contributed by atoms with Gasteiger partial charge in [0.05, 0.1) is 0 Å². The fourth-order valence-electron chi connectivity index (χ4n) is 3.85. The Morgan fingerprint density at radius 3 is 2.64 bits per heavy atom. The van der Waals surface area contributed by atoms with E-state index in [1.165, 1.54) is 57.8 Å². The van der Waals surface area contributed by atoms with Crippen molar-refractivity contribution in [1.82, 2.24) is 4.31 Å². The zero-order valence-corrected chi connectivity index (χ0v) is 15.9. The van der Waals surface area contributed by atoms with E-state index in [1.54, 1.807) is 0 Å². The van der Waals surface area contributed by atoms with Gasteiger partial charge in [-0.05, 0) is 83.6 Å². The third-order valence-electron chi connectivity index (χ3n) is 5.34. The molecule has 1 unspecified atom stereocenters. The van der Waals surface area contributed by atoms with Crippen LogP contribution in [0.15, 0.2) is 46.9 Å². The van der Waals surface area contributed by atoms with E-state index in [9.17, 15) is 0 Å². The summed E-state index contributed by atoms with van der Waals surface area (Å²) in [6, 6.07) is 13.7. The maximum Gasteiger partial charge on any atom is 0.0230 e. The zero-order valence-electron chi connectivity index (χ0n) is 15.1. The number of nitrogens with zero attached hydrogens (tertiary/aromatic N) is 1. The molecule has 3 heteroatoms. The van der Waals surface area contributed by atoms with Crippen LogP contribution in [0.3, 0.4) is 0 Å². The molecule has 2 aromatic rings. The molecular weight excluding hydrogens is 324 g/mol. The fraction of sp³-hybridized carbons (Fsp3) is 0.364. The molecule has 2 nitrogen and oxygen atoms in total. The second kappa shape index (κ2) is 6.99. The quantitative estimate of drug-likeness (QED) is 0.795. The largest absolute Gasteiger partial charge is 0.327 e. The molecule has 2 aliphatic rings. The summed E-state index contributed by atoms with van der Waals surface area (Å²) in [6.45, 7) is 7.61. The van der Waals surface area contributed by atoms with Crippen LogP contribution < -0.4 is 5.73 Å². The first-order valence-corrected chi connectivity index (χ1v) is 9.96. The van der Waals surface area contributed by atoms with Gasteiger partial charge in [0.2, 0.25) is 0 Å². The lowest BCUT2D eigenvalue weighted by Crippen LogP contribution is -2.10. The lowest BCUT2D eigenvalue weighted by Gasteiger charge is -2.14. The normalized spacial score (nSPS) is 20.0. The minimum absolute atomic E-state index is 0.657. The Morgan fingerprint density at radius 2 is 1.96 bits per heavy atom. The Bertz CT molecular complexity index is 808. The smallest absolute Gasteiger partial charge is 0.0230 e. The average molecular weight is 351 g/mol. The van der Waals surface area contributed by atoms with Crippen LogP contribution in [0, 0.1) is 12.8 Å². The van der Waals surface area contributed by atoms with Crippen LogP contribution in [0.2, 0.25) is 0 Å². The molecule has 1 atom stereocenters. The molecule has 1 aliphatic carbocycles. The highest BCUT2D eigenvalue weighted by molar-refractivity contribution is 7.97. The second-order valence-corrected chi connectivity index (χ2v) is 8.61. The third-order valence-corrected chi connectivity index (χ3v) is 6.41. The molecule has 4 rings (SSSR count). The summed E-state index contributed by atoms with van der Waals surface area (Å²) in [6.07, 6.45) is 4.60. The predicted octanol–water partition coefficient (Wildman–Crippen LogP) is 4.91. The van der Waals surface area contributed by atoms with Crippen molar-refractivity contribution in [1.29, 1.82) is 0 Å². The molecule has 1 fully saturated rings. The Morgan fingerprint density at radius 1 is 1.16 bits per heavy atom. The first kappa shape index (κ1) is 16.9. The van der Waals surface area contributed by atoms with Gasteiger partial charge in [0.1, 0.15) is 0 Å². The van der Waals surface area contributed by atoms with Gasteiger partial charge in [0.25, 0.3) is 0 Å². The van der Waals surface area contributed by atoms with Crippen molar-refractivity contribution in [2.45, 2.75) is 31.6 Å². The summed E-state index contributed by atoms with van der Waals surface area (Å²) in [5.74, 6) is 0.827. The number of nitrogens with two attached hydrogens (primary N) is 1. The lowest BCUT2D eigenvalue weighted by molar-refractivity contribution is 0.549. The Balaban J connectivity index is 1.54. The van der Waals surface area contributed by atoms with Crippen LogP contribution in [0.1, 0.15) is 30.0 Å². The number of hydrogen-bond donors (Lipinski definition) is 1. The molecule has 0 bridgehead atoms. The van der Waals surface area contributed by atoms with Gasteiger partial charge in [0, 0.05) is 24.5 Å². The van der Waals surface area contributed by atoms with E-state index in [0.717, 1.165) is 12.3 Å². The van der Waals surface area contributed by atoms with Crippen molar-refractivity contribution in [3.8, 4) is 11.1 Å². The van der Waals surface area contributed by atoms with Crippen LogP contribution in [-0.2, 0) is 6.42 Å². The number of aryl methyl sites for hydroxylation is 1. The van der Waals surface area contributed by atoms with Crippen LogP contribution in [0.4, 0.5) is 0 Å². The topological polar surface area (TPSA) is 29.3 Å². The van der Waals surface area contributed by atoms with Gasteiger partial charge in [-0.1, -0.05) is 36.8 Å². The predicted molar refractivity (Wildman–Crippen MR) is 109 cm³/mol. The second-order valence-electron chi connectivity index (χ2n) is 7.44. The molecule has 0 aromatic heterocycles. The van der Waals surface area contributed by atoms with E-state index >= 15 is 0 Å². The molecule has 130 valence electrons. The third kappa shape index (κ3) is 3.55. The molecule has 0 saturated carbocycles. The highest BCUT2D eigenvalue weighted by atomic mass is 32.2. The summed E-state index contributed by atoms with van der Waals surface area (Å²) >= 11 is 1.90. The van der Waals surface area contributed by atoms with Gasteiger partial charge in [-0.3, -0.25) is 0 Å². The van der Waals surface area contributed by atoms with E-state index in [-0.39, 0.29) is 0 Å². The van der Waals surface area contributed by atoms with Crippen LogP contribution in [0.25, 0.3) is 17.2 Å². The highest BCUT2D eigenvalue weighted by Crippen LogP contribution is 2.34. The first-order chi connectivity index (χ1) is 12.1. The van der Waals surface area contributed by atoms with Crippen molar-refractivity contribution in [2.24, 2.45) is 11.7 Å². The summed E-state index contributed by atoms with van der Waals surface area (Å²) < 4.78 is 2.48. The standard InChI is InChI=1S/C22H26N2S/c1-15-7-8-24(14-15)25-21-5-3-18(4-6-21)19-9-16(2)22-11-17(13-23)10-20(22)12-19/h3-6,9-10,12,15H,7-8,11,13-14,23H2,1-2H3. The molecule has 1 saturated heterocycles. The summed E-state index contributed by atoms with van der Waals surface area (Å²) in [5, 5.41) is 0. The monoisotopic (exact) mass is 350 g/mol. The Hall–Kier alpha value is -1.55. The van der Waals surface area contributed by atoms with Gasteiger partial charge in [0.15, 0.2) is 0 Å². The maximum absolute atomic E-state index is 5.83. The van der Waals surface area contributed by atoms with Crippen LogP contribution >= 0.6 is 11.9 Å². The van der Waals surface area contributed by atoms with Crippen LogP contribution in [0.5, 0.6) is 0 Å². The minimum Gasteiger partial charge on any atom is -0.327 e. The number of benzene rings is 2. The van der Waals surface area contributed by atoms with E-state index in [2.05, 4.69) is 60.6 Å². The Labute approximate surface area is 155 Å². The molecule has 25 heavy (non-hydrogen) atoms. The van der Waals surface area contributed by atoms with E-state index in [1.807, 2.05) is 11.9 Å². The van der Waals surface area contributed by atoms with Gasteiger partial charge < -0.3 is 5.73 Å². The molecule has 0 amide bonds. The average Bonchev–Trinajstić information content (AvgIpc) is 3.21. The molecule has 0 radical (unpaired) electrons. The SMILES string of the molecule is Cc1cc(-c2ccc(SN3CCC(C)C3)cc2)cc2c1CC(CN)=C2. The van der Waals surface area contributed by atoms with Gasteiger partial charge in [-0.25, -0.2) is 4.31 Å². The van der Waals surface area contributed by atoms with E-state index in [4.69, 9.17) is 5.73 Å². The summed E-state index contributed by atoms with van der Waals surface area (Å²) in [4.78, 5) is 1.33. The maximum atomic E-state index is 5.83. The molecule has 1 heterocycles. The molecule has 0 spiro atoms. The number of fused-ring (bicyclic) bond motifs is 1. The van der Waals surface area contributed by atoms with Gasteiger partial charge in [-0.2, -0.15) is 0 Å². The van der Waals surface area contributed by atoms with Crippen molar-refractivity contribution in [3.05, 3.63) is 58.7 Å². The number of rotatable bonds is 4. The summed E-state index contributed by atoms with van der Waals surface area (Å²) in [7, 11) is 0. The zero-order chi connectivity index (χ0) is 17.4. The van der Waals surface area contributed by atoms with Crippen LogP contribution in [-0.4, -0.2) is 23.9 Å². The highest BCUT2D eigenvalue weighted by Gasteiger charge is 2.19. The minimum atomic E-state index is 0.657. The molecule has 2 N–H and O–H groups in total. The molecular formula is C22H26N2S. The molecule has 2 aromatic carbocycles. The lowest BCUT2D eigenvalue weighted by atomic mass is 9.96. The van der Waals surface area contributed by atoms with Crippen molar-refractivity contribution < 1.29 is 0 Å². The van der Waals surface area contributed by atoms with Gasteiger partial charge >= 0.3 is 0 Å².